The zero-order valence-electron chi connectivity index (χ0n) is 15.3. The summed E-state index contributed by atoms with van der Waals surface area (Å²) in [6, 6.07) is 12.1. The fourth-order valence-corrected chi connectivity index (χ4v) is 2.45. The molecule has 2 N–H and O–H groups in total. The number of nitrogens with zero attached hydrogens (tertiary/aromatic N) is 4. The fourth-order valence-electron chi connectivity index (χ4n) is 2.45. The minimum absolute atomic E-state index is 0.356. The lowest BCUT2D eigenvalue weighted by Gasteiger charge is -2.11. The molecule has 26 heavy (non-hydrogen) atoms. The Morgan fingerprint density at radius 1 is 1.19 bits per heavy atom. The number of nitrogens with one attached hydrogen (secondary N) is 2. The standard InChI is InChI=1S/C19H24N6O/c1-14(2)18-11-17(26-24-18)13-22-19(20-3)21-12-15-5-7-16(8-6-15)25-10-4-9-23-25/h4-11,14H,12-13H2,1-3H3,(H2,20,21,22). The van der Waals surface area contributed by atoms with Gasteiger partial charge in [0.1, 0.15) is 0 Å². The number of aliphatic imine (C=N–C) groups is 1. The van der Waals surface area contributed by atoms with Crippen LogP contribution in [0, 0.1) is 0 Å². The second-order valence-corrected chi connectivity index (χ2v) is 6.27. The minimum Gasteiger partial charge on any atom is -0.359 e. The van der Waals surface area contributed by atoms with Gasteiger partial charge in [-0.25, -0.2) is 4.68 Å². The van der Waals surface area contributed by atoms with E-state index in [0.717, 1.165) is 22.7 Å². The van der Waals surface area contributed by atoms with Gasteiger partial charge in [-0.15, -0.1) is 0 Å². The highest BCUT2D eigenvalue weighted by Crippen LogP contribution is 2.13. The molecular weight excluding hydrogens is 328 g/mol. The summed E-state index contributed by atoms with van der Waals surface area (Å²) in [5.74, 6) is 1.86. The molecule has 7 heteroatoms. The highest BCUT2D eigenvalue weighted by Gasteiger charge is 2.08. The summed E-state index contributed by atoms with van der Waals surface area (Å²) in [6.45, 7) is 5.39. The molecule has 0 spiro atoms. The van der Waals surface area contributed by atoms with E-state index in [4.69, 9.17) is 4.52 Å². The first-order chi connectivity index (χ1) is 12.7. The number of benzene rings is 1. The third kappa shape index (κ3) is 4.50. The van der Waals surface area contributed by atoms with Crippen LogP contribution in [-0.4, -0.2) is 27.9 Å². The van der Waals surface area contributed by atoms with Gasteiger partial charge in [0, 0.05) is 32.1 Å². The van der Waals surface area contributed by atoms with Crippen LogP contribution in [-0.2, 0) is 13.1 Å². The van der Waals surface area contributed by atoms with Crippen molar-refractivity contribution in [2.24, 2.45) is 4.99 Å². The van der Waals surface area contributed by atoms with Crippen molar-refractivity contribution in [2.45, 2.75) is 32.9 Å². The van der Waals surface area contributed by atoms with E-state index in [9.17, 15) is 0 Å². The molecule has 3 aromatic rings. The summed E-state index contributed by atoms with van der Waals surface area (Å²) in [4.78, 5) is 4.24. The van der Waals surface area contributed by atoms with Crippen LogP contribution in [0.4, 0.5) is 0 Å². The Morgan fingerprint density at radius 3 is 2.58 bits per heavy atom. The lowest BCUT2D eigenvalue weighted by atomic mass is 10.1. The molecule has 0 unspecified atom stereocenters. The monoisotopic (exact) mass is 352 g/mol. The van der Waals surface area contributed by atoms with Crippen LogP contribution in [0.15, 0.2) is 58.3 Å². The maximum Gasteiger partial charge on any atom is 0.191 e. The van der Waals surface area contributed by atoms with Gasteiger partial charge in [-0.2, -0.15) is 5.10 Å². The molecule has 0 aliphatic carbocycles. The number of aromatic nitrogens is 3. The molecule has 0 bridgehead atoms. The Morgan fingerprint density at radius 2 is 1.96 bits per heavy atom. The molecule has 0 aliphatic rings. The molecule has 2 aromatic heterocycles. The zero-order valence-corrected chi connectivity index (χ0v) is 15.3. The normalized spacial score (nSPS) is 11.8. The molecule has 0 saturated carbocycles. The average Bonchev–Trinajstić information content (AvgIpc) is 3.34. The molecule has 7 nitrogen and oxygen atoms in total. The van der Waals surface area contributed by atoms with Crippen LogP contribution in [0.3, 0.4) is 0 Å². The van der Waals surface area contributed by atoms with Crippen molar-refractivity contribution in [2.75, 3.05) is 7.05 Å². The molecule has 2 heterocycles. The van der Waals surface area contributed by atoms with Crippen molar-refractivity contribution in [1.29, 1.82) is 0 Å². The molecular formula is C19H24N6O. The van der Waals surface area contributed by atoms with Crippen molar-refractivity contribution in [3.8, 4) is 5.69 Å². The number of hydrogen-bond acceptors (Lipinski definition) is 4. The van der Waals surface area contributed by atoms with Crippen LogP contribution in [0.25, 0.3) is 5.69 Å². The van der Waals surface area contributed by atoms with Crippen LogP contribution < -0.4 is 10.6 Å². The number of hydrogen-bond donors (Lipinski definition) is 2. The molecule has 0 amide bonds. The predicted molar refractivity (Wildman–Crippen MR) is 101 cm³/mol. The predicted octanol–water partition coefficient (Wildman–Crippen LogP) is 2.85. The highest BCUT2D eigenvalue weighted by atomic mass is 16.5. The van der Waals surface area contributed by atoms with Gasteiger partial charge in [0.05, 0.1) is 17.9 Å². The summed E-state index contributed by atoms with van der Waals surface area (Å²) < 4.78 is 7.16. The van der Waals surface area contributed by atoms with Gasteiger partial charge in [-0.3, -0.25) is 4.99 Å². The third-order valence-electron chi connectivity index (χ3n) is 3.99. The van der Waals surface area contributed by atoms with Crippen LogP contribution in [0.1, 0.15) is 36.8 Å². The minimum atomic E-state index is 0.356. The molecule has 0 atom stereocenters. The van der Waals surface area contributed by atoms with E-state index in [1.165, 1.54) is 0 Å². The second kappa shape index (κ2) is 8.33. The Kier molecular flexibility index (Phi) is 5.68. The Hall–Kier alpha value is -3.09. The van der Waals surface area contributed by atoms with E-state index in [2.05, 4.69) is 51.9 Å². The van der Waals surface area contributed by atoms with Crippen LogP contribution in [0.2, 0.25) is 0 Å². The van der Waals surface area contributed by atoms with E-state index in [1.54, 1.807) is 13.2 Å². The second-order valence-electron chi connectivity index (χ2n) is 6.27. The average molecular weight is 352 g/mol. The largest absolute Gasteiger partial charge is 0.359 e. The summed E-state index contributed by atoms with van der Waals surface area (Å²) in [5.41, 5.74) is 3.15. The van der Waals surface area contributed by atoms with Gasteiger partial charge >= 0.3 is 0 Å². The first-order valence-electron chi connectivity index (χ1n) is 8.64. The van der Waals surface area contributed by atoms with Gasteiger partial charge in [0.15, 0.2) is 11.7 Å². The maximum atomic E-state index is 5.33. The van der Waals surface area contributed by atoms with Gasteiger partial charge in [-0.1, -0.05) is 31.1 Å². The molecule has 0 aliphatic heterocycles. The summed E-state index contributed by atoms with van der Waals surface area (Å²) in [6.07, 6.45) is 3.69. The van der Waals surface area contributed by atoms with Gasteiger partial charge in [0.2, 0.25) is 0 Å². The number of rotatable bonds is 6. The van der Waals surface area contributed by atoms with E-state index in [0.29, 0.717) is 25.0 Å². The quantitative estimate of drug-likeness (QED) is 0.527. The maximum absolute atomic E-state index is 5.33. The Labute approximate surface area is 153 Å². The summed E-state index contributed by atoms with van der Waals surface area (Å²) in [5, 5.41) is 14.8. The van der Waals surface area contributed by atoms with Crippen molar-refractivity contribution in [3.63, 3.8) is 0 Å². The molecule has 0 fully saturated rings. The van der Waals surface area contributed by atoms with Gasteiger partial charge < -0.3 is 15.2 Å². The van der Waals surface area contributed by atoms with Crippen LogP contribution >= 0.6 is 0 Å². The first kappa shape index (κ1) is 17.7. The van der Waals surface area contributed by atoms with E-state index < -0.39 is 0 Å². The van der Waals surface area contributed by atoms with Crippen LogP contribution in [0.5, 0.6) is 0 Å². The fraction of sp³-hybridized carbons (Fsp3) is 0.316. The summed E-state index contributed by atoms with van der Waals surface area (Å²) >= 11 is 0. The Balaban J connectivity index is 1.50. The molecule has 3 rings (SSSR count). The molecule has 0 radical (unpaired) electrons. The first-order valence-corrected chi connectivity index (χ1v) is 8.64. The number of guanidine groups is 1. The lowest BCUT2D eigenvalue weighted by Crippen LogP contribution is -2.36. The van der Waals surface area contributed by atoms with E-state index >= 15 is 0 Å². The van der Waals surface area contributed by atoms with Crippen molar-refractivity contribution in [1.82, 2.24) is 25.6 Å². The lowest BCUT2D eigenvalue weighted by molar-refractivity contribution is 0.372. The van der Waals surface area contributed by atoms with Crippen molar-refractivity contribution >= 4 is 5.96 Å². The van der Waals surface area contributed by atoms with Gasteiger partial charge in [-0.05, 0) is 29.7 Å². The highest BCUT2D eigenvalue weighted by molar-refractivity contribution is 5.79. The van der Waals surface area contributed by atoms with Gasteiger partial charge in [0.25, 0.3) is 0 Å². The van der Waals surface area contributed by atoms with Crippen molar-refractivity contribution < 1.29 is 4.52 Å². The Bertz CT molecular complexity index is 833. The van der Waals surface area contributed by atoms with E-state index in [-0.39, 0.29) is 0 Å². The van der Waals surface area contributed by atoms with E-state index in [1.807, 2.05) is 35.1 Å². The zero-order chi connectivity index (χ0) is 18.4. The molecule has 1 aromatic carbocycles. The summed E-state index contributed by atoms with van der Waals surface area (Å²) in [7, 11) is 1.75. The molecule has 0 saturated heterocycles. The molecule has 136 valence electrons. The topological polar surface area (TPSA) is 80.3 Å². The SMILES string of the molecule is CN=C(NCc1ccc(-n2cccn2)cc1)NCc1cc(C(C)C)no1. The van der Waals surface area contributed by atoms with Crippen molar-refractivity contribution in [3.05, 3.63) is 65.8 Å². The smallest absolute Gasteiger partial charge is 0.191 e. The third-order valence-corrected chi connectivity index (χ3v) is 3.99.